The van der Waals surface area contributed by atoms with Crippen LogP contribution < -0.4 is 0 Å². The lowest BCUT2D eigenvalue weighted by Crippen LogP contribution is -2.39. The topological polar surface area (TPSA) is 68.6 Å². The Balaban J connectivity index is 2.13. The van der Waals surface area contributed by atoms with Crippen molar-refractivity contribution in [2.75, 3.05) is 7.11 Å². The molecule has 3 rings (SSSR count). The molecule has 2 aromatic rings. The summed E-state index contributed by atoms with van der Waals surface area (Å²) < 4.78 is 5.03. The van der Waals surface area contributed by atoms with E-state index in [4.69, 9.17) is 4.18 Å². The van der Waals surface area contributed by atoms with E-state index in [1.807, 2.05) is 0 Å². The molecule has 1 aromatic heterocycles. The van der Waals surface area contributed by atoms with Gasteiger partial charge < -0.3 is 4.18 Å². The van der Waals surface area contributed by atoms with E-state index in [-0.39, 0.29) is 17.3 Å². The van der Waals surface area contributed by atoms with Gasteiger partial charge in [0.2, 0.25) is 5.78 Å². The van der Waals surface area contributed by atoms with Gasteiger partial charge in [-0.3, -0.25) is 14.6 Å². The maximum atomic E-state index is 12.7. The number of ketones is 2. The lowest BCUT2D eigenvalue weighted by molar-refractivity contribution is 0.0968. The first-order valence-electron chi connectivity index (χ1n) is 6.58. The minimum absolute atomic E-state index is 0.170. The average molecular weight is 312 g/mol. The summed E-state index contributed by atoms with van der Waals surface area (Å²) in [6.07, 6.45) is 3.16. The van der Waals surface area contributed by atoms with Gasteiger partial charge in [0.25, 0.3) is 0 Å². The molecular weight excluding hydrogens is 300 g/mol. The van der Waals surface area contributed by atoms with Crippen LogP contribution in [0.2, 0.25) is 0 Å². The number of carbonyl (C=O) groups excluding carboxylic acids is 2. The normalized spacial score (nSPS) is 19.3. The fraction of sp³-hybridized carbons (Fsp3) is 0.125. The second-order valence-corrected chi connectivity index (χ2v) is 5.59. The summed E-state index contributed by atoms with van der Waals surface area (Å²) in [6, 6.07) is 10.2. The van der Waals surface area contributed by atoms with E-state index in [2.05, 4.69) is 9.98 Å². The van der Waals surface area contributed by atoms with Gasteiger partial charge in [-0.1, -0.05) is 24.3 Å². The minimum atomic E-state index is -0.771. The van der Waals surface area contributed by atoms with Crippen LogP contribution in [0.1, 0.15) is 20.7 Å². The van der Waals surface area contributed by atoms with Crippen molar-refractivity contribution in [3.8, 4) is 0 Å². The van der Waals surface area contributed by atoms with E-state index in [1.54, 1.807) is 48.8 Å². The van der Waals surface area contributed by atoms with Crippen LogP contribution in [0, 0.1) is 0 Å². The molecule has 0 fully saturated rings. The Hall–Kier alpha value is -2.31. The largest absolute Gasteiger partial charge is 0.317 e. The Kier molecular flexibility index (Phi) is 4.13. The first-order valence-corrected chi connectivity index (χ1v) is 7.39. The Morgan fingerprint density at radius 2 is 1.91 bits per heavy atom. The molecule has 0 aliphatic heterocycles. The van der Waals surface area contributed by atoms with Crippen molar-refractivity contribution in [1.29, 1.82) is 0 Å². The maximum Gasteiger partial charge on any atom is 0.209 e. The monoisotopic (exact) mass is 312 g/mol. The molecule has 1 aliphatic carbocycles. The van der Waals surface area contributed by atoms with Crippen LogP contribution in [0.25, 0.3) is 0 Å². The summed E-state index contributed by atoms with van der Waals surface area (Å²) in [6.45, 7) is 0. The lowest BCUT2D eigenvalue weighted by atomic mass is 9.87. The molecule has 0 radical (unpaired) electrons. The molecular formula is C16H12N2O3S. The number of aromatic nitrogens is 1. The highest BCUT2D eigenvalue weighted by Gasteiger charge is 2.39. The van der Waals surface area contributed by atoms with Crippen LogP contribution in [-0.2, 0) is 4.18 Å². The predicted octanol–water partition coefficient (Wildman–Crippen LogP) is 2.90. The summed E-state index contributed by atoms with van der Waals surface area (Å²) in [5.41, 5.74) is 1.48. The first kappa shape index (κ1) is 14.6. The van der Waals surface area contributed by atoms with E-state index < -0.39 is 5.25 Å². The van der Waals surface area contributed by atoms with E-state index >= 15 is 0 Å². The van der Waals surface area contributed by atoms with Crippen molar-refractivity contribution in [2.24, 2.45) is 4.99 Å². The molecule has 0 saturated heterocycles. The highest BCUT2D eigenvalue weighted by Crippen LogP contribution is 2.29. The van der Waals surface area contributed by atoms with Crippen molar-refractivity contribution in [1.82, 2.24) is 4.98 Å². The zero-order valence-corrected chi connectivity index (χ0v) is 12.5. The quantitative estimate of drug-likeness (QED) is 0.815. The zero-order valence-electron chi connectivity index (χ0n) is 11.7. The van der Waals surface area contributed by atoms with Crippen LogP contribution in [0.15, 0.2) is 53.8 Å². The van der Waals surface area contributed by atoms with Crippen molar-refractivity contribution in [2.45, 2.75) is 5.25 Å². The van der Waals surface area contributed by atoms with Crippen LogP contribution in [-0.4, -0.2) is 34.6 Å². The molecule has 0 spiro atoms. The molecule has 1 heterocycles. The third-order valence-corrected chi connectivity index (χ3v) is 4.07. The van der Waals surface area contributed by atoms with Gasteiger partial charge in [-0.2, -0.15) is 0 Å². The number of nitrogens with zero attached hydrogens (tertiary/aromatic N) is 2. The first-order chi connectivity index (χ1) is 10.7. The number of rotatable bonds is 3. The van der Waals surface area contributed by atoms with Crippen LogP contribution in [0.3, 0.4) is 0 Å². The summed E-state index contributed by atoms with van der Waals surface area (Å²) in [5.74, 6) is -0.432. The van der Waals surface area contributed by atoms with Crippen LogP contribution in [0.5, 0.6) is 0 Å². The van der Waals surface area contributed by atoms with Crippen molar-refractivity contribution >= 4 is 35.0 Å². The molecule has 0 amide bonds. The second-order valence-electron chi connectivity index (χ2n) is 4.59. The average Bonchev–Trinajstić information content (AvgIpc) is 2.57. The standard InChI is InChI=1S/C16H12N2O3S/c1-21-22-16-13(18-10-5-4-8-17-9-10)14(19)11-6-2-3-7-12(11)15(16)20/h2-9,16H,1H3/b18-13+. The molecule has 22 heavy (non-hydrogen) atoms. The number of Topliss-reactive ketones (excluding diaryl/α,β-unsaturated/α-hetero) is 2. The van der Waals surface area contributed by atoms with Gasteiger partial charge >= 0.3 is 0 Å². The third kappa shape index (κ3) is 2.58. The minimum Gasteiger partial charge on any atom is -0.317 e. The van der Waals surface area contributed by atoms with Gasteiger partial charge in [0.1, 0.15) is 11.0 Å². The van der Waals surface area contributed by atoms with Gasteiger partial charge in [-0.25, -0.2) is 4.99 Å². The van der Waals surface area contributed by atoms with Gasteiger partial charge in [-0.15, -0.1) is 0 Å². The summed E-state index contributed by atoms with van der Waals surface area (Å²) in [4.78, 5) is 33.6. The van der Waals surface area contributed by atoms with E-state index in [9.17, 15) is 9.59 Å². The smallest absolute Gasteiger partial charge is 0.209 e. The highest BCUT2D eigenvalue weighted by molar-refractivity contribution is 7.97. The van der Waals surface area contributed by atoms with Crippen molar-refractivity contribution < 1.29 is 13.8 Å². The lowest BCUT2D eigenvalue weighted by Gasteiger charge is -2.22. The van der Waals surface area contributed by atoms with Gasteiger partial charge in [-0.05, 0) is 12.1 Å². The number of fused-ring (bicyclic) bond motifs is 1. The molecule has 1 aromatic carbocycles. The maximum absolute atomic E-state index is 12.7. The zero-order chi connectivity index (χ0) is 15.5. The van der Waals surface area contributed by atoms with E-state index in [1.165, 1.54) is 7.11 Å². The fourth-order valence-corrected chi connectivity index (χ4v) is 2.93. The molecule has 0 N–H and O–H groups in total. The molecule has 1 unspecified atom stereocenters. The van der Waals surface area contributed by atoms with Crippen molar-refractivity contribution in [3.05, 3.63) is 59.9 Å². The Morgan fingerprint density at radius 1 is 1.14 bits per heavy atom. The highest BCUT2D eigenvalue weighted by atomic mass is 32.2. The number of benzene rings is 1. The number of hydrogen-bond donors (Lipinski definition) is 0. The van der Waals surface area contributed by atoms with Crippen molar-refractivity contribution in [3.63, 3.8) is 0 Å². The summed E-state index contributed by atoms with van der Waals surface area (Å²) in [7, 11) is 1.46. The second kappa shape index (κ2) is 6.21. The summed E-state index contributed by atoms with van der Waals surface area (Å²) in [5, 5.41) is -0.771. The molecule has 1 aliphatic rings. The number of pyridine rings is 1. The molecule has 6 heteroatoms. The number of hydrogen-bond acceptors (Lipinski definition) is 6. The van der Waals surface area contributed by atoms with Crippen LogP contribution >= 0.6 is 12.0 Å². The molecule has 110 valence electrons. The van der Waals surface area contributed by atoms with E-state index in [0.29, 0.717) is 16.8 Å². The van der Waals surface area contributed by atoms with Gasteiger partial charge in [0.15, 0.2) is 5.78 Å². The summed E-state index contributed by atoms with van der Waals surface area (Å²) >= 11 is 0.933. The Morgan fingerprint density at radius 3 is 2.59 bits per heavy atom. The predicted molar refractivity (Wildman–Crippen MR) is 84.8 cm³/mol. The fourth-order valence-electron chi connectivity index (χ4n) is 2.27. The molecule has 1 atom stereocenters. The third-order valence-electron chi connectivity index (χ3n) is 3.24. The molecule has 0 saturated carbocycles. The Bertz CT molecular complexity index is 759. The van der Waals surface area contributed by atoms with E-state index in [0.717, 1.165) is 12.0 Å². The molecule has 0 bridgehead atoms. The SMILES string of the molecule is COSC1C(=O)c2ccccc2C(=O)/C1=N\c1cccnc1. The van der Waals surface area contributed by atoms with Crippen LogP contribution in [0.4, 0.5) is 5.69 Å². The Labute approximate surface area is 131 Å². The van der Waals surface area contributed by atoms with Gasteiger partial charge in [0, 0.05) is 29.4 Å². The van der Waals surface area contributed by atoms with Gasteiger partial charge in [0.05, 0.1) is 19.0 Å². The molecule has 5 nitrogen and oxygen atoms in total. The number of carbonyl (C=O) groups is 2. The number of aliphatic imine (C=N–C) groups is 1.